The third-order valence-corrected chi connectivity index (χ3v) is 5.80. The van der Waals surface area contributed by atoms with E-state index in [1.807, 2.05) is 24.5 Å². The van der Waals surface area contributed by atoms with Gasteiger partial charge in [-0.15, -0.1) is 0 Å². The first-order valence-corrected chi connectivity index (χ1v) is 10.5. The number of carbonyl (C=O) groups is 1. The predicted octanol–water partition coefficient (Wildman–Crippen LogP) is 4.46. The molecule has 1 aliphatic rings. The molecule has 1 saturated heterocycles. The van der Waals surface area contributed by atoms with Crippen molar-refractivity contribution < 1.29 is 13.9 Å². The first kappa shape index (κ1) is 21.3. The van der Waals surface area contributed by atoms with Gasteiger partial charge in [0, 0.05) is 37.7 Å². The minimum atomic E-state index is -0.448. The summed E-state index contributed by atoms with van der Waals surface area (Å²) in [5, 5.41) is 3.20. The van der Waals surface area contributed by atoms with Crippen LogP contribution in [0.4, 0.5) is 15.1 Å². The molecule has 1 N–H and O–H groups in total. The Kier molecular flexibility index (Phi) is 5.70. The van der Waals surface area contributed by atoms with Crippen LogP contribution in [0.2, 0.25) is 5.02 Å². The number of aromatic nitrogens is 4. The number of rotatable bonds is 4. The average Bonchev–Trinajstić information content (AvgIpc) is 3.38. The van der Waals surface area contributed by atoms with E-state index in [1.165, 1.54) is 19.4 Å². The summed E-state index contributed by atoms with van der Waals surface area (Å²) in [6, 6.07) is 3.29. The molecule has 1 aromatic carbocycles. The summed E-state index contributed by atoms with van der Waals surface area (Å²) in [7, 11) is 3.07. The molecule has 1 fully saturated rings. The summed E-state index contributed by atoms with van der Waals surface area (Å²) in [5.74, 6) is 0.705. The summed E-state index contributed by atoms with van der Waals surface area (Å²) < 4.78 is 22.1. The maximum Gasteiger partial charge on any atom is 0.409 e. The number of anilines is 1. The Balaban J connectivity index is 1.84. The number of methoxy groups -OCH3 is 1. The fourth-order valence-corrected chi connectivity index (χ4v) is 4.29. The van der Waals surface area contributed by atoms with Gasteiger partial charge in [0.15, 0.2) is 5.82 Å². The highest BCUT2D eigenvalue weighted by atomic mass is 35.5. The van der Waals surface area contributed by atoms with E-state index in [4.69, 9.17) is 16.3 Å². The van der Waals surface area contributed by atoms with E-state index in [9.17, 15) is 4.79 Å². The van der Waals surface area contributed by atoms with Gasteiger partial charge in [-0.3, -0.25) is 0 Å². The molecular formula is C21H24ClFN6O2. The normalized spacial score (nSPS) is 16.4. The third-order valence-electron chi connectivity index (χ3n) is 5.52. The van der Waals surface area contributed by atoms with Crippen LogP contribution >= 0.6 is 11.6 Å². The lowest BCUT2D eigenvalue weighted by Gasteiger charge is -2.18. The number of nitrogens with one attached hydrogen (secondary N) is 1. The number of carbonyl (C=O) groups excluding carboxylic acids is 1. The van der Waals surface area contributed by atoms with E-state index in [0.29, 0.717) is 46.4 Å². The molecule has 4 rings (SSSR count). The minimum absolute atomic E-state index is 0.00437. The highest BCUT2D eigenvalue weighted by Gasteiger charge is 2.32. The van der Waals surface area contributed by atoms with Crippen molar-refractivity contribution in [1.29, 1.82) is 0 Å². The molecule has 0 spiro atoms. The van der Waals surface area contributed by atoms with Crippen LogP contribution in [0.25, 0.3) is 22.3 Å². The van der Waals surface area contributed by atoms with Gasteiger partial charge < -0.3 is 19.5 Å². The fourth-order valence-electron chi connectivity index (χ4n) is 4.09. The number of likely N-dealkylation sites (tertiary alicyclic amines) is 1. The lowest BCUT2D eigenvalue weighted by Crippen LogP contribution is -2.28. The second-order valence-electron chi connectivity index (χ2n) is 7.80. The van der Waals surface area contributed by atoms with Crippen LogP contribution in [-0.2, 0) is 4.74 Å². The largest absolute Gasteiger partial charge is 0.453 e. The number of hydrogen-bond donors (Lipinski definition) is 1. The number of fused-ring (bicyclic) bond motifs is 1. The van der Waals surface area contributed by atoms with Gasteiger partial charge in [-0.25, -0.2) is 24.1 Å². The Labute approximate surface area is 184 Å². The van der Waals surface area contributed by atoms with Crippen molar-refractivity contribution in [2.24, 2.45) is 0 Å². The van der Waals surface area contributed by atoms with Crippen molar-refractivity contribution in [2.45, 2.75) is 32.2 Å². The summed E-state index contributed by atoms with van der Waals surface area (Å²) in [4.78, 5) is 26.7. The predicted molar refractivity (Wildman–Crippen MR) is 117 cm³/mol. The Morgan fingerprint density at radius 2 is 2.13 bits per heavy atom. The van der Waals surface area contributed by atoms with Crippen LogP contribution in [0.3, 0.4) is 0 Å². The molecule has 8 nitrogen and oxygen atoms in total. The molecule has 1 unspecified atom stereocenters. The van der Waals surface area contributed by atoms with Gasteiger partial charge in [-0.05, 0) is 32.4 Å². The Morgan fingerprint density at radius 1 is 1.35 bits per heavy atom. The monoisotopic (exact) mass is 446 g/mol. The maximum atomic E-state index is 15.2. The van der Waals surface area contributed by atoms with Gasteiger partial charge in [0.2, 0.25) is 5.95 Å². The number of amides is 1. The number of benzene rings is 1. The molecular weight excluding hydrogens is 423 g/mol. The Morgan fingerprint density at radius 3 is 2.81 bits per heavy atom. The second-order valence-corrected chi connectivity index (χ2v) is 8.21. The van der Waals surface area contributed by atoms with Gasteiger partial charge in [-0.1, -0.05) is 11.6 Å². The molecule has 1 atom stereocenters. The lowest BCUT2D eigenvalue weighted by atomic mass is 10.1. The van der Waals surface area contributed by atoms with Crippen molar-refractivity contribution in [3.05, 3.63) is 35.0 Å². The van der Waals surface area contributed by atoms with E-state index in [-0.39, 0.29) is 18.1 Å². The zero-order valence-corrected chi connectivity index (χ0v) is 18.6. The summed E-state index contributed by atoms with van der Waals surface area (Å²) in [6.45, 7) is 5.12. The summed E-state index contributed by atoms with van der Waals surface area (Å²) in [6.07, 6.45) is 1.87. The molecule has 3 aromatic rings. The topological polar surface area (TPSA) is 85.2 Å². The number of ether oxygens (including phenoxy) is 1. The zero-order chi connectivity index (χ0) is 22.3. The van der Waals surface area contributed by atoms with Crippen molar-refractivity contribution in [3.63, 3.8) is 0 Å². The van der Waals surface area contributed by atoms with E-state index in [2.05, 4.69) is 20.3 Å². The zero-order valence-electron chi connectivity index (χ0n) is 17.8. The molecule has 1 amide bonds. The quantitative estimate of drug-likeness (QED) is 0.636. The lowest BCUT2D eigenvalue weighted by molar-refractivity contribution is 0.132. The average molecular weight is 447 g/mol. The van der Waals surface area contributed by atoms with Crippen molar-refractivity contribution in [1.82, 2.24) is 24.4 Å². The van der Waals surface area contributed by atoms with Crippen LogP contribution < -0.4 is 5.32 Å². The van der Waals surface area contributed by atoms with Gasteiger partial charge in [0.05, 0.1) is 29.5 Å². The third kappa shape index (κ3) is 3.78. The highest BCUT2D eigenvalue weighted by molar-refractivity contribution is 6.33. The SMILES string of the molecule is CNc1ncc(Cl)c(-c2cc(F)c3nc(C4CCN(C(=O)OC)C4)n(C(C)C)c3c2)n1. The molecule has 10 heteroatoms. The molecule has 3 heterocycles. The maximum absolute atomic E-state index is 15.2. The summed E-state index contributed by atoms with van der Waals surface area (Å²) >= 11 is 6.31. The van der Waals surface area contributed by atoms with Crippen molar-refractivity contribution >= 4 is 34.7 Å². The van der Waals surface area contributed by atoms with E-state index >= 15 is 4.39 Å². The van der Waals surface area contributed by atoms with Crippen molar-refractivity contribution in [2.75, 3.05) is 32.6 Å². The fraction of sp³-hybridized carbons (Fsp3) is 0.429. The number of nitrogens with zero attached hydrogens (tertiary/aromatic N) is 5. The molecule has 2 aromatic heterocycles. The second kappa shape index (κ2) is 8.30. The first-order chi connectivity index (χ1) is 14.8. The molecule has 0 radical (unpaired) electrons. The van der Waals surface area contributed by atoms with Gasteiger partial charge in [-0.2, -0.15) is 0 Å². The molecule has 0 aliphatic carbocycles. The van der Waals surface area contributed by atoms with Gasteiger partial charge in [0.25, 0.3) is 0 Å². The van der Waals surface area contributed by atoms with Crippen LogP contribution in [-0.4, -0.2) is 57.8 Å². The van der Waals surface area contributed by atoms with Crippen LogP contribution in [0, 0.1) is 5.82 Å². The Bertz CT molecular complexity index is 1150. The standard InChI is InChI=1S/C21H24ClFN6O2/c1-11(2)29-16-8-13(17-14(22)9-25-20(24-3)27-17)7-15(23)18(16)26-19(29)12-5-6-28(10-12)21(30)31-4/h7-9,11-12H,5-6,10H2,1-4H3,(H,24,25,27). The Hall–Kier alpha value is -2.94. The smallest absolute Gasteiger partial charge is 0.409 e. The van der Waals surface area contributed by atoms with Gasteiger partial charge in [0.1, 0.15) is 11.3 Å². The van der Waals surface area contributed by atoms with E-state index in [1.54, 1.807) is 11.9 Å². The first-order valence-electron chi connectivity index (χ1n) is 10.1. The number of hydrogen-bond acceptors (Lipinski definition) is 6. The highest BCUT2D eigenvalue weighted by Crippen LogP contribution is 2.36. The number of imidazole rings is 1. The van der Waals surface area contributed by atoms with E-state index in [0.717, 1.165) is 12.2 Å². The molecule has 0 bridgehead atoms. The van der Waals surface area contributed by atoms with Crippen molar-refractivity contribution in [3.8, 4) is 11.3 Å². The summed E-state index contributed by atoms with van der Waals surface area (Å²) in [5.41, 5.74) is 1.95. The minimum Gasteiger partial charge on any atom is -0.453 e. The van der Waals surface area contributed by atoms with E-state index < -0.39 is 5.82 Å². The van der Waals surface area contributed by atoms with Crippen LogP contribution in [0.1, 0.15) is 38.1 Å². The number of halogens is 2. The van der Waals surface area contributed by atoms with Crippen LogP contribution in [0.15, 0.2) is 18.3 Å². The molecule has 0 saturated carbocycles. The van der Waals surface area contributed by atoms with Crippen LogP contribution in [0.5, 0.6) is 0 Å². The van der Waals surface area contributed by atoms with Gasteiger partial charge >= 0.3 is 6.09 Å². The molecule has 31 heavy (non-hydrogen) atoms. The molecule has 1 aliphatic heterocycles. The molecule has 164 valence electrons.